The van der Waals surface area contributed by atoms with Gasteiger partial charge in [-0.2, -0.15) is 0 Å². The molecule has 1 heterocycles. The average molecular weight is 343 g/mol. The third-order valence-corrected chi connectivity index (χ3v) is 5.67. The quantitative estimate of drug-likeness (QED) is 0.854. The predicted molar refractivity (Wildman–Crippen MR) is 93.8 cm³/mol. The summed E-state index contributed by atoms with van der Waals surface area (Å²) in [5.41, 5.74) is 2.12. The number of aryl methyl sites for hydroxylation is 1. The Morgan fingerprint density at radius 1 is 1.08 bits per heavy atom. The minimum atomic E-state index is -3.56. The van der Waals surface area contributed by atoms with Crippen LogP contribution in [0.25, 0.3) is 0 Å². The van der Waals surface area contributed by atoms with Gasteiger partial charge in [0.25, 0.3) is 10.0 Å². The van der Waals surface area contributed by atoms with Crippen LogP contribution in [0.15, 0.2) is 71.5 Å². The van der Waals surface area contributed by atoms with Gasteiger partial charge in [-0.25, -0.2) is 8.42 Å². The monoisotopic (exact) mass is 343 g/mol. The van der Waals surface area contributed by atoms with Crippen molar-refractivity contribution >= 4 is 10.0 Å². The van der Waals surface area contributed by atoms with E-state index in [9.17, 15) is 8.42 Å². The maximum Gasteiger partial charge on any atom is 0.264 e. The molecule has 24 heavy (non-hydrogen) atoms. The zero-order valence-corrected chi connectivity index (χ0v) is 14.7. The SMILES string of the molecule is Cc1ccc(S(=O)(=O)N2C=C(Cc3ccccc3)OC(C)C2)cc1. The largest absolute Gasteiger partial charge is 0.491 e. The zero-order chi connectivity index (χ0) is 17.2. The van der Waals surface area contributed by atoms with E-state index < -0.39 is 10.0 Å². The first kappa shape index (κ1) is 16.6. The molecule has 0 saturated heterocycles. The van der Waals surface area contributed by atoms with E-state index in [4.69, 9.17) is 4.74 Å². The van der Waals surface area contributed by atoms with Crippen molar-refractivity contribution in [3.63, 3.8) is 0 Å². The van der Waals surface area contributed by atoms with Crippen molar-refractivity contribution in [3.8, 4) is 0 Å². The van der Waals surface area contributed by atoms with E-state index in [1.165, 1.54) is 4.31 Å². The Morgan fingerprint density at radius 3 is 2.42 bits per heavy atom. The van der Waals surface area contributed by atoms with Gasteiger partial charge in [0.2, 0.25) is 0 Å². The number of ether oxygens (including phenoxy) is 1. The fourth-order valence-electron chi connectivity index (χ4n) is 2.69. The summed E-state index contributed by atoms with van der Waals surface area (Å²) in [6.45, 7) is 4.13. The number of hydrogen-bond acceptors (Lipinski definition) is 3. The second kappa shape index (κ2) is 6.69. The smallest absolute Gasteiger partial charge is 0.264 e. The van der Waals surface area contributed by atoms with Crippen molar-refractivity contribution in [3.05, 3.63) is 77.7 Å². The summed E-state index contributed by atoms with van der Waals surface area (Å²) in [6, 6.07) is 16.8. The van der Waals surface area contributed by atoms with Crippen LogP contribution in [0.4, 0.5) is 0 Å². The first-order chi connectivity index (χ1) is 11.4. The molecule has 126 valence electrons. The van der Waals surface area contributed by atoms with Crippen molar-refractivity contribution in [2.45, 2.75) is 31.3 Å². The predicted octanol–water partition coefficient (Wildman–Crippen LogP) is 3.49. The molecule has 0 spiro atoms. The molecule has 0 saturated carbocycles. The number of hydrogen-bond donors (Lipinski definition) is 0. The van der Waals surface area contributed by atoms with Crippen LogP contribution in [0, 0.1) is 6.92 Å². The topological polar surface area (TPSA) is 46.6 Å². The summed E-state index contributed by atoms with van der Waals surface area (Å²) in [5.74, 6) is 0.663. The molecule has 0 N–H and O–H groups in total. The van der Waals surface area contributed by atoms with E-state index in [0.29, 0.717) is 23.6 Å². The van der Waals surface area contributed by atoms with Crippen LogP contribution in [-0.2, 0) is 21.2 Å². The molecule has 0 radical (unpaired) electrons. The maximum absolute atomic E-state index is 12.9. The van der Waals surface area contributed by atoms with Crippen molar-refractivity contribution in [2.75, 3.05) is 6.54 Å². The third-order valence-electron chi connectivity index (χ3n) is 3.93. The van der Waals surface area contributed by atoms with Gasteiger partial charge in [0, 0.05) is 6.42 Å². The Balaban J connectivity index is 1.88. The molecular formula is C19H21NO3S. The van der Waals surface area contributed by atoms with Gasteiger partial charge in [0.05, 0.1) is 17.6 Å². The molecule has 1 atom stereocenters. The Bertz CT molecular complexity index is 827. The van der Waals surface area contributed by atoms with Crippen LogP contribution in [0.1, 0.15) is 18.1 Å². The van der Waals surface area contributed by atoms with Gasteiger partial charge in [0.15, 0.2) is 0 Å². The third kappa shape index (κ3) is 3.62. The van der Waals surface area contributed by atoms with E-state index in [-0.39, 0.29) is 6.10 Å². The summed E-state index contributed by atoms with van der Waals surface area (Å²) in [6.07, 6.45) is 2.00. The van der Waals surface area contributed by atoms with Crippen molar-refractivity contribution in [1.29, 1.82) is 0 Å². The van der Waals surface area contributed by atoms with Crippen molar-refractivity contribution in [1.82, 2.24) is 4.31 Å². The molecule has 2 aromatic rings. The molecule has 0 amide bonds. The van der Waals surface area contributed by atoms with E-state index in [1.54, 1.807) is 18.3 Å². The Labute approximate surface area is 143 Å². The van der Waals surface area contributed by atoms with Crippen LogP contribution in [0.2, 0.25) is 0 Å². The van der Waals surface area contributed by atoms with Crippen LogP contribution in [0.3, 0.4) is 0 Å². The van der Waals surface area contributed by atoms with Gasteiger partial charge in [0.1, 0.15) is 11.9 Å². The summed E-state index contributed by atoms with van der Waals surface area (Å²) >= 11 is 0. The number of nitrogens with zero attached hydrogens (tertiary/aromatic N) is 1. The lowest BCUT2D eigenvalue weighted by atomic mass is 10.1. The lowest BCUT2D eigenvalue weighted by Gasteiger charge is -2.31. The van der Waals surface area contributed by atoms with Gasteiger partial charge < -0.3 is 4.74 Å². The van der Waals surface area contributed by atoms with E-state index in [0.717, 1.165) is 11.1 Å². The molecule has 2 aromatic carbocycles. The maximum atomic E-state index is 12.9. The lowest BCUT2D eigenvalue weighted by molar-refractivity contribution is 0.0916. The normalized spacial score (nSPS) is 18.0. The van der Waals surface area contributed by atoms with Crippen molar-refractivity contribution in [2.24, 2.45) is 0 Å². The second-order valence-corrected chi connectivity index (χ2v) is 7.96. The molecule has 3 rings (SSSR count). The first-order valence-corrected chi connectivity index (χ1v) is 9.39. The molecule has 0 aliphatic carbocycles. The van der Waals surface area contributed by atoms with Gasteiger partial charge in [-0.1, -0.05) is 48.0 Å². The molecule has 1 aliphatic rings. The Hall–Kier alpha value is -2.27. The summed E-state index contributed by atoms with van der Waals surface area (Å²) < 4.78 is 33.0. The highest BCUT2D eigenvalue weighted by atomic mass is 32.2. The van der Waals surface area contributed by atoms with E-state index in [2.05, 4.69) is 0 Å². The standard InChI is InChI=1S/C19H21NO3S/c1-15-8-10-19(11-9-15)24(21,22)20-13-16(2)23-18(14-20)12-17-6-4-3-5-7-17/h3-11,14,16H,12-13H2,1-2H3. The highest BCUT2D eigenvalue weighted by molar-refractivity contribution is 7.89. The Kier molecular flexibility index (Phi) is 4.62. The zero-order valence-electron chi connectivity index (χ0n) is 13.8. The molecule has 0 bridgehead atoms. The average Bonchev–Trinajstić information content (AvgIpc) is 2.55. The molecular weight excluding hydrogens is 322 g/mol. The van der Waals surface area contributed by atoms with Gasteiger partial charge in [-0.15, -0.1) is 0 Å². The fraction of sp³-hybridized carbons (Fsp3) is 0.263. The fourth-order valence-corrected chi connectivity index (χ4v) is 4.10. The summed E-state index contributed by atoms with van der Waals surface area (Å²) in [5, 5.41) is 0. The number of benzene rings is 2. The molecule has 1 aliphatic heterocycles. The number of allylic oxidation sites excluding steroid dienone is 1. The number of sulfonamides is 1. The van der Waals surface area contributed by atoms with E-state index >= 15 is 0 Å². The molecule has 4 nitrogen and oxygen atoms in total. The summed E-state index contributed by atoms with van der Waals surface area (Å²) in [7, 11) is -3.56. The molecule has 0 fully saturated rings. The van der Waals surface area contributed by atoms with Gasteiger partial charge in [-0.3, -0.25) is 4.31 Å². The first-order valence-electron chi connectivity index (χ1n) is 7.95. The van der Waals surface area contributed by atoms with Gasteiger partial charge >= 0.3 is 0 Å². The van der Waals surface area contributed by atoms with Gasteiger partial charge in [-0.05, 0) is 31.5 Å². The second-order valence-electron chi connectivity index (χ2n) is 6.07. The lowest BCUT2D eigenvalue weighted by Crippen LogP contribution is -2.37. The minimum absolute atomic E-state index is 0.186. The van der Waals surface area contributed by atoms with Crippen LogP contribution in [0.5, 0.6) is 0 Å². The summed E-state index contributed by atoms with van der Waals surface area (Å²) in [4.78, 5) is 0.303. The molecule has 0 aromatic heterocycles. The van der Waals surface area contributed by atoms with Crippen LogP contribution >= 0.6 is 0 Å². The minimum Gasteiger partial charge on any atom is -0.491 e. The Morgan fingerprint density at radius 2 is 1.75 bits per heavy atom. The molecule has 1 unspecified atom stereocenters. The van der Waals surface area contributed by atoms with Crippen LogP contribution in [-0.4, -0.2) is 25.4 Å². The highest BCUT2D eigenvalue weighted by Crippen LogP contribution is 2.24. The van der Waals surface area contributed by atoms with Crippen molar-refractivity contribution < 1.29 is 13.2 Å². The van der Waals surface area contributed by atoms with E-state index in [1.807, 2.05) is 56.3 Å². The van der Waals surface area contributed by atoms with Crippen LogP contribution < -0.4 is 0 Å². The highest BCUT2D eigenvalue weighted by Gasteiger charge is 2.28. The molecule has 5 heteroatoms. The number of rotatable bonds is 4.